The third kappa shape index (κ3) is 3.95. The van der Waals surface area contributed by atoms with Crippen molar-refractivity contribution < 1.29 is 21.8 Å². The van der Waals surface area contributed by atoms with Crippen LogP contribution in [0.1, 0.15) is 26.2 Å². The molecule has 6 heteroatoms. The SMILES string of the molecule is CCCCC(C(=O)O)[As](=O)(O)O. The van der Waals surface area contributed by atoms with E-state index in [-0.39, 0.29) is 6.42 Å². The van der Waals surface area contributed by atoms with Crippen molar-refractivity contribution in [1.29, 1.82) is 0 Å². The van der Waals surface area contributed by atoms with E-state index in [4.69, 9.17) is 13.3 Å². The molecule has 0 saturated carbocycles. The van der Waals surface area contributed by atoms with Crippen LogP contribution in [0, 0.1) is 0 Å². The van der Waals surface area contributed by atoms with E-state index in [1.54, 1.807) is 0 Å². The summed E-state index contributed by atoms with van der Waals surface area (Å²) in [7, 11) is 0. The Kier molecular flexibility index (Phi) is 4.60. The van der Waals surface area contributed by atoms with Gasteiger partial charge in [0.25, 0.3) is 0 Å². The van der Waals surface area contributed by atoms with Gasteiger partial charge in [0.15, 0.2) is 0 Å². The number of aliphatic carboxylic acids is 1. The van der Waals surface area contributed by atoms with Crippen LogP contribution in [0.5, 0.6) is 0 Å². The van der Waals surface area contributed by atoms with Crippen molar-refractivity contribution in [3.05, 3.63) is 0 Å². The maximum absolute atomic E-state index is 10.7. The summed E-state index contributed by atoms with van der Waals surface area (Å²) >= 11 is -5.06. The van der Waals surface area contributed by atoms with Crippen molar-refractivity contribution in [2.24, 2.45) is 0 Å². The van der Waals surface area contributed by atoms with Gasteiger partial charge in [0.2, 0.25) is 0 Å². The minimum absolute atomic E-state index is 0.0648. The van der Waals surface area contributed by atoms with Gasteiger partial charge in [-0.1, -0.05) is 0 Å². The van der Waals surface area contributed by atoms with E-state index in [0.717, 1.165) is 6.42 Å². The summed E-state index contributed by atoms with van der Waals surface area (Å²) < 4.78 is 26.5. The number of hydrogen-bond acceptors (Lipinski definition) is 2. The molecule has 3 N–H and O–H groups in total. The van der Waals surface area contributed by atoms with Gasteiger partial charge in [-0.05, 0) is 0 Å². The first kappa shape index (κ1) is 11.7. The quantitative estimate of drug-likeness (QED) is 0.587. The van der Waals surface area contributed by atoms with Crippen LogP contribution >= 0.6 is 0 Å². The molecule has 0 saturated heterocycles. The molecule has 0 rings (SSSR count). The molecule has 0 aromatic heterocycles. The summed E-state index contributed by atoms with van der Waals surface area (Å²) in [5.41, 5.74) is 0. The molecule has 0 fully saturated rings. The van der Waals surface area contributed by atoms with E-state index in [1.807, 2.05) is 6.92 Å². The van der Waals surface area contributed by atoms with Crippen LogP contribution in [0.15, 0.2) is 0 Å². The van der Waals surface area contributed by atoms with Gasteiger partial charge in [-0.15, -0.1) is 0 Å². The molecule has 12 heavy (non-hydrogen) atoms. The van der Waals surface area contributed by atoms with Crippen molar-refractivity contribution in [1.82, 2.24) is 0 Å². The van der Waals surface area contributed by atoms with Crippen molar-refractivity contribution in [2.75, 3.05) is 0 Å². The number of carbonyl (C=O) groups is 1. The van der Waals surface area contributed by atoms with Crippen LogP contribution in [-0.2, 0) is 8.53 Å². The third-order valence-corrected chi connectivity index (χ3v) is 4.23. The predicted octanol–water partition coefficient (Wildman–Crippen LogP) is -0.0146. The molecule has 0 aliphatic rings. The summed E-state index contributed by atoms with van der Waals surface area (Å²) in [6, 6.07) is 0. The Morgan fingerprint density at radius 2 is 2.00 bits per heavy atom. The molecule has 72 valence electrons. The molecule has 1 atom stereocenters. The van der Waals surface area contributed by atoms with Crippen LogP contribution in [0.3, 0.4) is 0 Å². The number of carboxylic acid groups (broad SMARTS) is 1. The van der Waals surface area contributed by atoms with Crippen LogP contribution in [0.4, 0.5) is 0 Å². The van der Waals surface area contributed by atoms with Crippen LogP contribution in [0.2, 0.25) is 4.71 Å². The molecule has 0 heterocycles. The normalized spacial score (nSPS) is 14.2. The molecule has 0 spiro atoms. The Bertz CT molecular complexity index is 196. The molecule has 1 unspecified atom stereocenters. The molecule has 0 bridgehead atoms. The van der Waals surface area contributed by atoms with Gasteiger partial charge in [0.1, 0.15) is 0 Å². The summed E-state index contributed by atoms with van der Waals surface area (Å²) in [5.74, 6) is -1.39. The standard InChI is InChI=1S/C6H13AsO5/c1-2-3-4-5(6(8)9)7(10,11)12/h5H,2-4H2,1H3,(H,8,9)(H2,10,11,12). The fraction of sp³-hybridized carbons (Fsp3) is 0.833. The van der Waals surface area contributed by atoms with E-state index in [2.05, 4.69) is 0 Å². The molecular formula is C6H13AsO5. The van der Waals surface area contributed by atoms with Crippen LogP contribution in [0.25, 0.3) is 0 Å². The van der Waals surface area contributed by atoms with E-state index in [0.29, 0.717) is 6.42 Å². The topological polar surface area (TPSA) is 94.8 Å². The van der Waals surface area contributed by atoms with Gasteiger partial charge in [0.05, 0.1) is 0 Å². The summed E-state index contributed by atoms with van der Waals surface area (Å²) in [5, 5.41) is 8.46. The summed E-state index contributed by atoms with van der Waals surface area (Å²) in [4.78, 5) is 10.4. The molecule has 0 aromatic rings. The van der Waals surface area contributed by atoms with E-state index in [1.165, 1.54) is 0 Å². The second-order valence-electron chi connectivity index (χ2n) is 2.59. The first-order chi connectivity index (χ1) is 5.39. The molecule has 5 nitrogen and oxygen atoms in total. The van der Waals surface area contributed by atoms with E-state index >= 15 is 0 Å². The Morgan fingerprint density at radius 3 is 2.25 bits per heavy atom. The minimum atomic E-state index is -5.06. The zero-order valence-corrected chi connectivity index (χ0v) is 8.68. The Labute approximate surface area is 73.4 Å². The first-order valence-corrected chi connectivity index (χ1v) is 7.20. The van der Waals surface area contributed by atoms with Gasteiger partial charge in [0, 0.05) is 0 Å². The summed E-state index contributed by atoms with van der Waals surface area (Å²) in [6.45, 7) is 1.84. The second-order valence-corrected chi connectivity index (χ2v) is 6.37. The monoisotopic (exact) mass is 240 g/mol. The van der Waals surface area contributed by atoms with Crippen molar-refractivity contribution in [2.45, 2.75) is 30.9 Å². The zero-order valence-electron chi connectivity index (χ0n) is 6.80. The van der Waals surface area contributed by atoms with Gasteiger partial charge < -0.3 is 0 Å². The fourth-order valence-electron chi connectivity index (χ4n) is 0.833. The maximum atomic E-state index is 10.7. The Hall–Kier alpha value is -0.252. The van der Waals surface area contributed by atoms with Gasteiger partial charge in [-0.25, -0.2) is 0 Å². The second kappa shape index (κ2) is 4.70. The average molecular weight is 240 g/mol. The number of rotatable bonds is 5. The number of unbranched alkanes of at least 4 members (excludes halogenated alkanes) is 1. The van der Waals surface area contributed by atoms with Crippen LogP contribution in [-0.4, -0.2) is 33.4 Å². The molecule has 0 radical (unpaired) electrons. The zero-order chi connectivity index (χ0) is 9.78. The first-order valence-electron chi connectivity index (χ1n) is 3.67. The fourth-order valence-corrected chi connectivity index (χ4v) is 2.53. The van der Waals surface area contributed by atoms with Gasteiger partial charge in [-0.3, -0.25) is 0 Å². The van der Waals surface area contributed by atoms with Crippen LogP contribution < -0.4 is 0 Å². The van der Waals surface area contributed by atoms with Crippen molar-refractivity contribution in [3.63, 3.8) is 0 Å². The summed E-state index contributed by atoms with van der Waals surface area (Å²) in [6.07, 6.45) is 1.33. The van der Waals surface area contributed by atoms with E-state index < -0.39 is 24.8 Å². The molecular weight excluding hydrogens is 227 g/mol. The van der Waals surface area contributed by atoms with Crippen molar-refractivity contribution in [3.8, 4) is 0 Å². The molecule has 0 aliphatic heterocycles. The average Bonchev–Trinajstić information content (AvgIpc) is 1.84. The molecule has 0 aliphatic carbocycles. The predicted molar refractivity (Wildman–Crippen MR) is 41.8 cm³/mol. The Balaban J connectivity index is 4.25. The molecule has 0 aromatic carbocycles. The number of hydrogen-bond donors (Lipinski definition) is 3. The Morgan fingerprint density at radius 1 is 1.50 bits per heavy atom. The van der Waals surface area contributed by atoms with Gasteiger partial charge in [-0.2, -0.15) is 0 Å². The third-order valence-electron chi connectivity index (χ3n) is 1.52. The van der Waals surface area contributed by atoms with Gasteiger partial charge >= 0.3 is 72.9 Å². The van der Waals surface area contributed by atoms with Crippen molar-refractivity contribution >= 4 is 20.1 Å². The van der Waals surface area contributed by atoms with E-state index in [9.17, 15) is 8.53 Å². The molecule has 0 amide bonds. The number of carboxylic acids is 1.